The molecule has 0 saturated heterocycles. The summed E-state index contributed by atoms with van der Waals surface area (Å²) >= 11 is 0. The van der Waals surface area contributed by atoms with Gasteiger partial charge in [0.1, 0.15) is 18.3 Å². The number of hydrogen-bond donors (Lipinski definition) is 0. The second-order valence-corrected chi connectivity index (χ2v) is 6.71. The molecule has 1 atom stereocenters. The summed E-state index contributed by atoms with van der Waals surface area (Å²) in [5.41, 5.74) is 4.25. The van der Waals surface area contributed by atoms with Crippen LogP contribution in [0, 0.1) is 0 Å². The van der Waals surface area contributed by atoms with Crippen molar-refractivity contribution in [2.45, 2.75) is 18.9 Å². The minimum Gasteiger partial charge on any atom is -1.00 e. The van der Waals surface area contributed by atoms with Crippen LogP contribution in [-0.4, -0.2) is 41.6 Å². The summed E-state index contributed by atoms with van der Waals surface area (Å²) in [4.78, 5) is 5.19. The van der Waals surface area contributed by atoms with Gasteiger partial charge in [-0.25, -0.2) is 4.90 Å². The molecule has 0 spiro atoms. The zero-order valence-corrected chi connectivity index (χ0v) is 14.5. The molecule has 2 aromatic rings. The largest absolute Gasteiger partial charge is 1.00 e. The van der Waals surface area contributed by atoms with Gasteiger partial charge in [-0.05, 0) is 24.5 Å². The number of nitrogens with zero attached hydrogens (tertiary/aromatic N) is 3. The Morgan fingerprint density at radius 1 is 0.833 bits per heavy atom. The topological polar surface area (TPSA) is 9.49 Å². The van der Waals surface area contributed by atoms with Gasteiger partial charge in [0.05, 0.1) is 19.6 Å². The van der Waals surface area contributed by atoms with Gasteiger partial charge in [-0.2, -0.15) is 0 Å². The second kappa shape index (κ2) is 6.14. The Hall–Kier alpha value is -2.00. The number of anilines is 1. The molecule has 124 valence electrons. The van der Waals surface area contributed by atoms with E-state index in [9.17, 15) is 0 Å². The fourth-order valence-corrected chi connectivity index (χ4v) is 4.42. The third-order valence-corrected chi connectivity index (χ3v) is 5.40. The van der Waals surface area contributed by atoms with Crippen LogP contribution >= 0.6 is 0 Å². The molecule has 24 heavy (non-hydrogen) atoms. The molecule has 0 radical (unpaired) electrons. The molecule has 1 unspecified atom stereocenters. The molecule has 3 nitrogen and oxygen atoms in total. The maximum Gasteiger partial charge on any atom is 0.356 e. The zero-order chi connectivity index (χ0) is 15.2. The van der Waals surface area contributed by atoms with Crippen molar-refractivity contribution < 1.29 is 17.0 Å². The van der Waals surface area contributed by atoms with Gasteiger partial charge in [0, 0.05) is 5.56 Å². The number of benzene rings is 2. The van der Waals surface area contributed by atoms with Gasteiger partial charge in [-0.1, -0.05) is 48.5 Å². The van der Waals surface area contributed by atoms with E-state index in [1.807, 2.05) is 0 Å². The van der Waals surface area contributed by atoms with Crippen molar-refractivity contribution in [1.29, 1.82) is 0 Å². The predicted octanol–water partition coefficient (Wildman–Crippen LogP) is 0.0779. The number of hydrogen-bond acceptors (Lipinski definition) is 2. The normalized spacial score (nSPS) is 21.8. The highest BCUT2D eigenvalue weighted by atomic mass is 35.5. The summed E-state index contributed by atoms with van der Waals surface area (Å²) in [6.45, 7) is 4.62. The molecule has 0 aliphatic carbocycles. The molecule has 4 heteroatoms. The molecule has 0 aromatic heterocycles. The summed E-state index contributed by atoms with van der Waals surface area (Å²) in [5, 5.41) is 0. The number of rotatable bonds is 1. The van der Waals surface area contributed by atoms with Gasteiger partial charge in [0.25, 0.3) is 0 Å². The van der Waals surface area contributed by atoms with Crippen molar-refractivity contribution in [3.63, 3.8) is 0 Å². The highest BCUT2D eigenvalue weighted by Gasteiger charge is 2.47. The minimum absolute atomic E-state index is 0. The third-order valence-electron chi connectivity index (χ3n) is 5.40. The summed E-state index contributed by atoms with van der Waals surface area (Å²) in [6, 6.07) is 20.3. The van der Waals surface area contributed by atoms with Crippen LogP contribution in [0.3, 0.4) is 0 Å². The fourth-order valence-electron chi connectivity index (χ4n) is 4.42. The molecular weight excluding hydrogens is 318 g/mol. The molecule has 0 N–H and O–H groups in total. The Kier molecular flexibility index (Phi) is 3.97. The number of fused-ring (bicyclic) bond motifs is 2. The molecule has 3 aliphatic heterocycles. The molecule has 0 saturated carbocycles. The van der Waals surface area contributed by atoms with Crippen molar-refractivity contribution in [2.24, 2.45) is 0 Å². The van der Waals surface area contributed by atoms with Crippen molar-refractivity contribution in [3.8, 4) is 0 Å². The third kappa shape index (κ3) is 2.22. The van der Waals surface area contributed by atoms with Crippen LogP contribution in [0.2, 0.25) is 0 Å². The molecule has 3 aliphatic rings. The van der Waals surface area contributed by atoms with Crippen molar-refractivity contribution in [1.82, 2.24) is 4.90 Å². The van der Waals surface area contributed by atoms with Crippen molar-refractivity contribution >= 4 is 11.6 Å². The Balaban J connectivity index is 0.00000146. The lowest BCUT2D eigenvalue weighted by Gasteiger charge is -2.37. The predicted molar refractivity (Wildman–Crippen MR) is 93.0 cm³/mol. The quantitative estimate of drug-likeness (QED) is 0.681. The molecule has 2 aromatic carbocycles. The maximum atomic E-state index is 2.65. The minimum atomic E-state index is 0. The highest BCUT2D eigenvalue weighted by Crippen LogP contribution is 2.41. The first kappa shape index (κ1) is 15.5. The van der Waals surface area contributed by atoms with Crippen LogP contribution in [0.4, 0.5) is 5.69 Å². The van der Waals surface area contributed by atoms with Gasteiger partial charge in [0.15, 0.2) is 0 Å². The fraction of sp³-hybridized carbons (Fsp3) is 0.350. The molecule has 0 fully saturated rings. The second-order valence-electron chi connectivity index (χ2n) is 6.71. The van der Waals surface area contributed by atoms with Crippen LogP contribution < -0.4 is 17.3 Å². The summed E-state index contributed by atoms with van der Waals surface area (Å²) in [6.07, 6.45) is 2.57. The van der Waals surface area contributed by atoms with E-state index >= 15 is 0 Å². The zero-order valence-electron chi connectivity index (χ0n) is 13.7. The number of para-hydroxylation sites is 1. The SMILES string of the molecule is [Cl-].c1ccc(C2c3ccccc3N3CC[N+]4=C3N2CCCC4)cc1. The van der Waals surface area contributed by atoms with E-state index < -0.39 is 0 Å². The lowest BCUT2D eigenvalue weighted by Crippen LogP contribution is -3.00. The van der Waals surface area contributed by atoms with E-state index in [0.29, 0.717) is 6.04 Å². The van der Waals surface area contributed by atoms with Gasteiger partial charge in [-0.15, -0.1) is 0 Å². The summed E-state index contributed by atoms with van der Waals surface area (Å²) in [7, 11) is 0. The van der Waals surface area contributed by atoms with E-state index in [4.69, 9.17) is 0 Å². The maximum absolute atomic E-state index is 2.65. The van der Waals surface area contributed by atoms with Crippen LogP contribution in [-0.2, 0) is 0 Å². The van der Waals surface area contributed by atoms with Crippen molar-refractivity contribution in [3.05, 3.63) is 65.7 Å². The van der Waals surface area contributed by atoms with E-state index in [2.05, 4.69) is 69.0 Å². The van der Waals surface area contributed by atoms with E-state index in [0.717, 1.165) is 19.6 Å². The first-order valence-corrected chi connectivity index (χ1v) is 8.73. The lowest BCUT2D eigenvalue weighted by molar-refractivity contribution is -0.521. The van der Waals surface area contributed by atoms with Crippen LogP contribution in [0.15, 0.2) is 54.6 Å². The van der Waals surface area contributed by atoms with Crippen LogP contribution in [0.25, 0.3) is 0 Å². The number of guanidine groups is 1. The van der Waals surface area contributed by atoms with Gasteiger partial charge in [-0.3, -0.25) is 9.48 Å². The first-order chi connectivity index (χ1) is 11.4. The Labute approximate surface area is 149 Å². The Bertz CT molecular complexity index is 771. The average molecular weight is 340 g/mol. The van der Waals surface area contributed by atoms with Crippen LogP contribution in [0.5, 0.6) is 0 Å². The van der Waals surface area contributed by atoms with E-state index in [1.165, 1.54) is 42.2 Å². The van der Waals surface area contributed by atoms with Gasteiger partial charge >= 0.3 is 5.96 Å². The molecule has 0 bridgehead atoms. The molecule has 0 amide bonds. The van der Waals surface area contributed by atoms with Gasteiger partial charge in [0.2, 0.25) is 0 Å². The van der Waals surface area contributed by atoms with Crippen molar-refractivity contribution in [2.75, 3.05) is 31.1 Å². The van der Waals surface area contributed by atoms with E-state index in [-0.39, 0.29) is 12.4 Å². The standard InChI is InChI=1S/C20H22N3.ClH/c1-2-8-16(9-3-1)19-17-10-4-5-11-18(17)22-15-14-21-12-6-7-13-23(19)20(21)22;/h1-5,8-11,19H,6-7,12-15H2;1H/q+1;/p-1. The Morgan fingerprint density at radius 2 is 1.62 bits per heavy atom. The average Bonchev–Trinajstić information content (AvgIpc) is 2.92. The van der Waals surface area contributed by atoms with E-state index in [1.54, 1.807) is 0 Å². The molecule has 3 heterocycles. The lowest BCUT2D eigenvalue weighted by atomic mass is 9.93. The number of halogens is 1. The summed E-state index contributed by atoms with van der Waals surface area (Å²) < 4.78 is 2.60. The van der Waals surface area contributed by atoms with Crippen LogP contribution in [0.1, 0.15) is 30.0 Å². The highest BCUT2D eigenvalue weighted by molar-refractivity contribution is 5.97. The Morgan fingerprint density at radius 3 is 2.50 bits per heavy atom. The monoisotopic (exact) mass is 339 g/mol. The first-order valence-electron chi connectivity index (χ1n) is 8.73. The van der Waals surface area contributed by atoms with Gasteiger partial charge < -0.3 is 12.4 Å². The summed E-state index contributed by atoms with van der Waals surface area (Å²) in [5.74, 6) is 1.44. The molecular formula is C20H22ClN3. The molecule has 5 rings (SSSR count). The smallest absolute Gasteiger partial charge is 0.356 e.